The monoisotopic (exact) mass is 194 g/mol. The fourth-order valence-corrected chi connectivity index (χ4v) is 1.03. The predicted molar refractivity (Wildman–Crippen MR) is 50.0 cm³/mol. The highest BCUT2D eigenvalue weighted by Crippen LogP contribution is 2.36. The van der Waals surface area contributed by atoms with Gasteiger partial charge in [0.1, 0.15) is 6.11 Å². The summed E-state index contributed by atoms with van der Waals surface area (Å²) in [6, 6.07) is 3.00. The number of methoxy groups -OCH3 is 2. The van der Waals surface area contributed by atoms with Crippen molar-refractivity contribution in [1.29, 1.82) is 0 Å². The zero-order valence-electron chi connectivity index (χ0n) is 7.87. The van der Waals surface area contributed by atoms with E-state index in [1.165, 1.54) is 26.4 Å². The van der Waals surface area contributed by atoms with Crippen LogP contribution in [0.4, 0.5) is 0 Å². The molecule has 1 aromatic carbocycles. The van der Waals surface area contributed by atoms with E-state index < -0.39 is 0 Å². The van der Waals surface area contributed by atoms with Gasteiger partial charge < -0.3 is 19.7 Å². The number of aliphatic hydroxyl groups is 1. The summed E-state index contributed by atoms with van der Waals surface area (Å²) in [7, 11) is 2.84. The third kappa shape index (κ3) is 1.83. The molecule has 0 fully saturated rings. The Morgan fingerprint density at radius 2 is 1.64 bits per heavy atom. The van der Waals surface area contributed by atoms with E-state index in [9.17, 15) is 5.11 Å². The summed E-state index contributed by atoms with van der Waals surface area (Å²) in [5.41, 5.74) is 0.499. The zero-order chi connectivity index (χ0) is 10.6. The summed E-state index contributed by atoms with van der Waals surface area (Å²) >= 11 is 0. The minimum Gasteiger partial charge on any atom is -0.502 e. The van der Waals surface area contributed by atoms with Gasteiger partial charge in [-0.05, 0) is 5.92 Å². The van der Waals surface area contributed by atoms with Crippen LogP contribution in [0.5, 0.6) is 17.2 Å². The van der Waals surface area contributed by atoms with Crippen LogP contribution in [0.3, 0.4) is 0 Å². The Balaban J connectivity index is 3.29. The molecule has 0 amide bonds. The number of hydrogen-bond acceptors (Lipinski definition) is 4. The molecule has 4 heteroatoms. The van der Waals surface area contributed by atoms with E-state index in [1.54, 1.807) is 6.11 Å². The van der Waals surface area contributed by atoms with E-state index in [-0.39, 0.29) is 17.2 Å². The van der Waals surface area contributed by atoms with Gasteiger partial charge in [-0.25, -0.2) is 0 Å². The number of aliphatic hydroxyl groups excluding tert-OH is 1. The molecule has 1 rings (SSSR count). The molecule has 0 saturated carbocycles. The lowest BCUT2D eigenvalue weighted by atomic mass is 10.2. The quantitative estimate of drug-likeness (QED) is 0.692. The molecular formula is C10H10O4. The molecule has 0 aromatic heterocycles. The van der Waals surface area contributed by atoms with Crippen LogP contribution < -0.4 is 9.47 Å². The molecule has 0 aliphatic rings. The van der Waals surface area contributed by atoms with Crippen molar-refractivity contribution in [2.45, 2.75) is 0 Å². The van der Waals surface area contributed by atoms with Gasteiger partial charge in [-0.1, -0.05) is 0 Å². The van der Waals surface area contributed by atoms with Crippen LogP contribution in [0.15, 0.2) is 12.1 Å². The van der Waals surface area contributed by atoms with Gasteiger partial charge in [-0.15, -0.1) is 0 Å². The summed E-state index contributed by atoms with van der Waals surface area (Å²) in [6.45, 7) is 0. The lowest BCUT2D eigenvalue weighted by Crippen LogP contribution is -1.90. The van der Waals surface area contributed by atoms with Gasteiger partial charge in [0.05, 0.1) is 14.2 Å². The van der Waals surface area contributed by atoms with Crippen LogP contribution in [0.2, 0.25) is 0 Å². The molecule has 74 valence electrons. The smallest absolute Gasteiger partial charge is 0.200 e. The van der Waals surface area contributed by atoms with E-state index in [4.69, 9.17) is 14.6 Å². The second-order valence-corrected chi connectivity index (χ2v) is 2.47. The second-order valence-electron chi connectivity index (χ2n) is 2.47. The third-order valence-electron chi connectivity index (χ3n) is 1.68. The topological polar surface area (TPSA) is 58.9 Å². The largest absolute Gasteiger partial charge is 0.502 e. The van der Waals surface area contributed by atoms with Crippen LogP contribution >= 0.6 is 0 Å². The molecule has 0 aliphatic carbocycles. The zero-order valence-corrected chi connectivity index (χ0v) is 7.87. The van der Waals surface area contributed by atoms with Crippen LogP contribution in [0, 0.1) is 12.0 Å². The van der Waals surface area contributed by atoms with Crippen LogP contribution in [-0.2, 0) is 0 Å². The van der Waals surface area contributed by atoms with Crippen molar-refractivity contribution in [2.24, 2.45) is 0 Å². The normalized spacial score (nSPS) is 8.71. The molecule has 0 aliphatic heterocycles. The summed E-state index contributed by atoms with van der Waals surface area (Å²) in [5, 5.41) is 17.9. The summed E-state index contributed by atoms with van der Waals surface area (Å²) in [5.74, 6) is 2.84. The fourth-order valence-electron chi connectivity index (χ4n) is 1.03. The molecule has 14 heavy (non-hydrogen) atoms. The molecule has 0 radical (unpaired) electrons. The predicted octanol–water partition coefficient (Wildman–Crippen LogP) is 1.09. The average Bonchev–Trinajstić information content (AvgIpc) is 2.20. The number of phenols is 1. The Morgan fingerprint density at radius 1 is 1.14 bits per heavy atom. The van der Waals surface area contributed by atoms with Crippen molar-refractivity contribution in [1.82, 2.24) is 0 Å². The molecule has 0 heterocycles. The maximum atomic E-state index is 9.52. The highest BCUT2D eigenvalue weighted by molar-refractivity contribution is 5.56. The Bertz CT molecular complexity index is 362. The van der Waals surface area contributed by atoms with E-state index >= 15 is 0 Å². The van der Waals surface area contributed by atoms with E-state index in [0.717, 1.165) is 0 Å². The molecule has 2 N–H and O–H groups in total. The molecule has 0 saturated heterocycles. The fraction of sp³-hybridized carbons (Fsp3) is 0.200. The van der Waals surface area contributed by atoms with Gasteiger partial charge in [0.15, 0.2) is 11.5 Å². The number of benzene rings is 1. The van der Waals surface area contributed by atoms with Crippen molar-refractivity contribution in [3.63, 3.8) is 0 Å². The third-order valence-corrected chi connectivity index (χ3v) is 1.68. The first-order valence-electron chi connectivity index (χ1n) is 3.83. The molecule has 1 aromatic rings. The molecule has 0 spiro atoms. The average molecular weight is 194 g/mol. The van der Waals surface area contributed by atoms with Crippen molar-refractivity contribution in [2.75, 3.05) is 14.2 Å². The first kappa shape index (κ1) is 10.1. The SMILES string of the molecule is COc1cc(C#CO)cc(OC)c1O. The van der Waals surface area contributed by atoms with Crippen molar-refractivity contribution in [3.8, 4) is 29.3 Å². The number of ether oxygens (including phenoxy) is 2. The van der Waals surface area contributed by atoms with Crippen LogP contribution in [0.1, 0.15) is 5.56 Å². The van der Waals surface area contributed by atoms with Crippen molar-refractivity contribution in [3.05, 3.63) is 17.7 Å². The van der Waals surface area contributed by atoms with Crippen LogP contribution in [0.25, 0.3) is 0 Å². The Kier molecular flexibility index (Phi) is 3.08. The Morgan fingerprint density at radius 3 is 2.00 bits per heavy atom. The lowest BCUT2D eigenvalue weighted by Gasteiger charge is -2.08. The molecule has 0 bridgehead atoms. The molecule has 0 unspecified atom stereocenters. The van der Waals surface area contributed by atoms with Gasteiger partial charge in [0.25, 0.3) is 0 Å². The van der Waals surface area contributed by atoms with Crippen molar-refractivity contribution < 1.29 is 19.7 Å². The molecular weight excluding hydrogens is 184 g/mol. The summed E-state index contributed by atoms with van der Waals surface area (Å²) in [4.78, 5) is 0. The molecule has 4 nitrogen and oxygen atoms in total. The highest BCUT2D eigenvalue weighted by atomic mass is 16.5. The minimum absolute atomic E-state index is 0.0847. The minimum atomic E-state index is -0.0847. The molecule has 0 atom stereocenters. The first-order chi connectivity index (χ1) is 6.72. The lowest BCUT2D eigenvalue weighted by molar-refractivity contribution is 0.339. The second kappa shape index (κ2) is 4.28. The van der Waals surface area contributed by atoms with Gasteiger partial charge in [0, 0.05) is 17.7 Å². The Labute approximate surface area is 81.7 Å². The number of rotatable bonds is 2. The number of phenolic OH excluding ortho intramolecular Hbond substituents is 1. The van der Waals surface area contributed by atoms with Crippen LogP contribution in [-0.4, -0.2) is 24.4 Å². The first-order valence-corrected chi connectivity index (χ1v) is 3.83. The van der Waals surface area contributed by atoms with Gasteiger partial charge >= 0.3 is 0 Å². The van der Waals surface area contributed by atoms with Crippen molar-refractivity contribution >= 4 is 0 Å². The van der Waals surface area contributed by atoms with E-state index in [2.05, 4.69) is 5.92 Å². The maximum Gasteiger partial charge on any atom is 0.200 e. The maximum absolute atomic E-state index is 9.52. The standard InChI is InChI=1S/C10H10O4/c1-13-8-5-7(3-4-11)6-9(14-2)10(8)12/h5-6,11-12H,1-2H3. The summed E-state index contributed by atoms with van der Waals surface area (Å²) in [6.07, 6.45) is 1.76. The Hall–Kier alpha value is -2.02. The summed E-state index contributed by atoms with van der Waals surface area (Å²) < 4.78 is 9.79. The van der Waals surface area contributed by atoms with Gasteiger partial charge in [-0.2, -0.15) is 0 Å². The van der Waals surface area contributed by atoms with E-state index in [0.29, 0.717) is 5.56 Å². The number of aromatic hydroxyl groups is 1. The highest BCUT2D eigenvalue weighted by Gasteiger charge is 2.09. The van der Waals surface area contributed by atoms with Gasteiger partial charge in [0.2, 0.25) is 5.75 Å². The van der Waals surface area contributed by atoms with E-state index in [1.807, 2.05) is 0 Å². The van der Waals surface area contributed by atoms with Gasteiger partial charge in [-0.3, -0.25) is 0 Å². The number of hydrogen-bond donors (Lipinski definition) is 2.